The minimum Gasteiger partial charge on any atom is -0.392 e. The molecule has 0 radical (unpaired) electrons. The van der Waals surface area contributed by atoms with Gasteiger partial charge >= 0.3 is 0 Å². The molecule has 3 heterocycles. The van der Waals surface area contributed by atoms with Crippen molar-refractivity contribution >= 4 is 17.5 Å². The van der Waals surface area contributed by atoms with E-state index in [0.29, 0.717) is 12.0 Å². The van der Waals surface area contributed by atoms with Crippen molar-refractivity contribution in [3.05, 3.63) is 5.82 Å². The van der Waals surface area contributed by atoms with Crippen molar-refractivity contribution in [3.63, 3.8) is 0 Å². The highest BCUT2D eigenvalue weighted by Gasteiger charge is 2.37. The first-order valence-corrected chi connectivity index (χ1v) is 8.28. The van der Waals surface area contributed by atoms with Crippen LogP contribution in [0.4, 0.5) is 0 Å². The van der Waals surface area contributed by atoms with Gasteiger partial charge in [-0.25, -0.2) is 4.98 Å². The first-order chi connectivity index (χ1) is 9.90. The third kappa shape index (κ3) is 2.33. The second-order valence-corrected chi connectivity index (χ2v) is 6.50. The molecule has 1 N–H and O–H groups in total. The largest absolute Gasteiger partial charge is 0.392 e. The number of H-pyrrole nitrogens is 1. The summed E-state index contributed by atoms with van der Waals surface area (Å²) < 4.78 is 5.60. The number of aromatic nitrogens is 3. The van der Waals surface area contributed by atoms with Gasteiger partial charge in [0.25, 0.3) is 0 Å². The van der Waals surface area contributed by atoms with Crippen molar-refractivity contribution in [2.75, 3.05) is 12.4 Å². The van der Waals surface area contributed by atoms with Crippen molar-refractivity contribution in [1.29, 1.82) is 0 Å². The van der Waals surface area contributed by atoms with Crippen LogP contribution in [-0.2, 0) is 9.57 Å². The van der Waals surface area contributed by atoms with E-state index in [2.05, 4.69) is 20.3 Å². The predicted molar refractivity (Wildman–Crippen MR) is 74.7 cm³/mol. The van der Waals surface area contributed by atoms with Gasteiger partial charge in [0.15, 0.2) is 5.82 Å². The van der Waals surface area contributed by atoms with E-state index in [0.717, 1.165) is 42.6 Å². The molecule has 1 aromatic heterocycles. The monoisotopic (exact) mass is 294 g/mol. The molecule has 3 atom stereocenters. The van der Waals surface area contributed by atoms with Gasteiger partial charge < -0.3 is 9.57 Å². The fourth-order valence-electron chi connectivity index (χ4n) is 3.17. The van der Waals surface area contributed by atoms with Gasteiger partial charge in [-0.15, -0.1) is 5.10 Å². The average molecular weight is 294 g/mol. The van der Waals surface area contributed by atoms with Gasteiger partial charge in [-0.2, -0.15) is 0 Å². The molecule has 1 saturated heterocycles. The van der Waals surface area contributed by atoms with E-state index in [1.54, 1.807) is 11.8 Å². The Balaban J connectivity index is 1.35. The zero-order chi connectivity index (χ0) is 13.4. The van der Waals surface area contributed by atoms with Crippen molar-refractivity contribution in [3.8, 4) is 0 Å². The summed E-state index contributed by atoms with van der Waals surface area (Å²) in [6.45, 7) is 0.824. The molecule has 4 rings (SSSR count). The van der Waals surface area contributed by atoms with E-state index in [9.17, 15) is 0 Å². The van der Waals surface area contributed by atoms with Crippen LogP contribution in [-0.4, -0.2) is 39.4 Å². The van der Waals surface area contributed by atoms with Crippen molar-refractivity contribution in [2.24, 2.45) is 11.1 Å². The van der Waals surface area contributed by atoms with E-state index >= 15 is 0 Å². The first kappa shape index (κ1) is 12.6. The number of ether oxygens (including phenoxy) is 1. The number of nitrogens with one attached hydrogen (secondary N) is 1. The third-order valence-corrected chi connectivity index (χ3v) is 5.13. The van der Waals surface area contributed by atoms with Gasteiger partial charge in [0.05, 0.1) is 5.71 Å². The summed E-state index contributed by atoms with van der Waals surface area (Å²) in [7, 11) is 0. The summed E-state index contributed by atoms with van der Waals surface area (Å²) in [5.74, 6) is 2.21. The lowest BCUT2D eigenvalue weighted by atomic mass is 10.0. The SMILES string of the molecule is C1COC(c2nc(SCC3=NO[C@@H]4CCC[C@H]34)n[nH]2)C1. The molecule has 7 heteroatoms. The number of aromatic amines is 1. The van der Waals surface area contributed by atoms with E-state index < -0.39 is 0 Å². The molecule has 2 aliphatic heterocycles. The van der Waals surface area contributed by atoms with Crippen molar-refractivity contribution in [2.45, 2.75) is 49.5 Å². The minimum atomic E-state index is 0.100. The highest BCUT2D eigenvalue weighted by molar-refractivity contribution is 7.99. The van der Waals surface area contributed by atoms with Gasteiger partial charge in [0, 0.05) is 18.3 Å². The molecule has 3 aliphatic rings. The molecule has 108 valence electrons. The van der Waals surface area contributed by atoms with Crippen LogP contribution in [0.15, 0.2) is 10.3 Å². The molecule has 0 bridgehead atoms. The van der Waals surface area contributed by atoms with Gasteiger partial charge in [0.1, 0.15) is 12.2 Å². The van der Waals surface area contributed by atoms with E-state index in [1.165, 1.54) is 18.6 Å². The molecule has 1 unspecified atom stereocenters. The Labute approximate surface area is 121 Å². The fraction of sp³-hybridized carbons (Fsp3) is 0.769. The summed E-state index contributed by atoms with van der Waals surface area (Å²) >= 11 is 1.63. The normalized spacial score (nSPS) is 32.2. The van der Waals surface area contributed by atoms with Crippen LogP contribution in [0.3, 0.4) is 0 Å². The Hall–Kier alpha value is -1.08. The molecular weight excluding hydrogens is 276 g/mol. The van der Waals surface area contributed by atoms with E-state index in [4.69, 9.17) is 9.57 Å². The lowest BCUT2D eigenvalue weighted by Gasteiger charge is -2.07. The molecule has 1 aromatic rings. The summed E-state index contributed by atoms with van der Waals surface area (Å²) in [4.78, 5) is 9.98. The number of oxime groups is 1. The molecule has 20 heavy (non-hydrogen) atoms. The Kier molecular flexibility index (Phi) is 3.39. The van der Waals surface area contributed by atoms with Crippen LogP contribution in [0, 0.1) is 5.92 Å². The molecule has 1 aliphatic carbocycles. The number of rotatable bonds is 4. The highest BCUT2D eigenvalue weighted by atomic mass is 32.2. The number of hydrogen-bond acceptors (Lipinski definition) is 6. The summed E-state index contributed by atoms with van der Waals surface area (Å²) in [5.41, 5.74) is 1.17. The van der Waals surface area contributed by atoms with Crippen LogP contribution < -0.4 is 0 Å². The zero-order valence-electron chi connectivity index (χ0n) is 11.2. The number of fused-ring (bicyclic) bond motifs is 1. The second-order valence-electron chi connectivity index (χ2n) is 5.56. The molecule has 0 aromatic carbocycles. The minimum absolute atomic E-state index is 0.100. The van der Waals surface area contributed by atoms with Crippen molar-refractivity contribution < 1.29 is 9.57 Å². The number of hydrogen-bond donors (Lipinski definition) is 1. The summed E-state index contributed by atoms with van der Waals surface area (Å²) in [6, 6.07) is 0. The quantitative estimate of drug-likeness (QED) is 0.863. The van der Waals surface area contributed by atoms with Crippen LogP contribution in [0.25, 0.3) is 0 Å². The standard InChI is InChI=1S/C13H18N4O2S/c1-3-8-9(17-19-10(8)4-1)7-20-13-14-12(15-16-13)11-5-2-6-18-11/h8,10-11H,1-7H2,(H,14,15,16)/t8-,10-,11?/m1/s1. The van der Waals surface area contributed by atoms with Crippen LogP contribution in [0.2, 0.25) is 0 Å². The maximum absolute atomic E-state index is 5.60. The van der Waals surface area contributed by atoms with Crippen LogP contribution >= 0.6 is 11.8 Å². The topological polar surface area (TPSA) is 72.4 Å². The maximum atomic E-state index is 5.60. The Bertz CT molecular complexity index is 512. The first-order valence-electron chi connectivity index (χ1n) is 7.29. The van der Waals surface area contributed by atoms with Gasteiger partial charge in [-0.05, 0) is 32.1 Å². The highest BCUT2D eigenvalue weighted by Crippen LogP contribution is 2.35. The Morgan fingerprint density at radius 1 is 1.25 bits per heavy atom. The fourth-order valence-corrected chi connectivity index (χ4v) is 3.99. The smallest absolute Gasteiger partial charge is 0.208 e. The molecule has 2 fully saturated rings. The van der Waals surface area contributed by atoms with Gasteiger partial charge in [-0.3, -0.25) is 5.10 Å². The zero-order valence-corrected chi connectivity index (χ0v) is 12.1. The maximum Gasteiger partial charge on any atom is 0.208 e. The molecule has 6 nitrogen and oxygen atoms in total. The predicted octanol–water partition coefficient (Wildman–Crippen LogP) is 2.30. The van der Waals surface area contributed by atoms with Gasteiger partial charge in [0.2, 0.25) is 5.16 Å². The van der Waals surface area contributed by atoms with E-state index in [1.807, 2.05) is 0 Å². The molecular formula is C13H18N4O2S. The Morgan fingerprint density at radius 3 is 3.15 bits per heavy atom. The molecule has 0 amide bonds. The second kappa shape index (κ2) is 5.37. The lowest BCUT2D eigenvalue weighted by Crippen LogP contribution is -2.18. The summed E-state index contributed by atoms with van der Waals surface area (Å²) in [6.07, 6.45) is 6.17. The van der Waals surface area contributed by atoms with Gasteiger partial charge in [-0.1, -0.05) is 16.9 Å². The van der Waals surface area contributed by atoms with Crippen molar-refractivity contribution in [1.82, 2.24) is 15.2 Å². The number of nitrogens with zero attached hydrogens (tertiary/aromatic N) is 3. The van der Waals surface area contributed by atoms with Crippen LogP contribution in [0.5, 0.6) is 0 Å². The third-order valence-electron chi connectivity index (χ3n) is 4.25. The molecule has 1 saturated carbocycles. The van der Waals surface area contributed by atoms with Crippen LogP contribution in [0.1, 0.15) is 44.0 Å². The average Bonchev–Trinajstić information content (AvgIpc) is 3.21. The van der Waals surface area contributed by atoms with E-state index in [-0.39, 0.29) is 6.10 Å². The molecule has 0 spiro atoms. The number of thioether (sulfide) groups is 1. The Morgan fingerprint density at radius 2 is 2.25 bits per heavy atom. The summed E-state index contributed by atoms with van der Waals surface area (Å²) in [5, 5.41) is 12.3. The lowest BCUT2D eigenvalue weighted by molar-refractivity contribution is 0.0746.